The van der Waals surface area contributed by atoms with Crippen molar-refractivity contribution in [2.24, 2.45) is 5.41 Å². The Labute approximate surface area is 67.4 Å². The first kappa shape index (κ1) is 7.14. The van der Waals surface area contributed by atoms with Gasteiger partial charge in [-0.1, -0.05) is 12.8 Å². The second kappa shape index (κ2) is 2.50. The third-order valence-corrected chi connectivity index (χ3v) is 3.16. The van der Waals surface area contributed by atoms with E-state index in [1.165, 1.54) is 19.3 Å². The van der Waals surface area contributed by atoms with Crippen LogP contribution in [0.3, 0.4) is 0 Å². The van der Waals surface area contributed by atoms with Crippen LogP contribution in [0.25, 0.3) is 0 Å². The molecule has 0 aromatic carbocycles. The zero-order chi connectivity index (χ0) is 7.73. The molecular formula is C9H15NO. The lowest BCUT2D eigenvalue weighted by atomic mass is 9.78. The molecular weight excluding hydrogens is 138 g/mol. The molecule has 62 valence electrons. The van der Waals surface area contributed by atoms with E-state index in [9.17, 15) is 4.79 Å². The topological polar surface area (TPSA) is 29.1 Å². The fraction of sp³-hybridized carbons (Fsp3) is 0.889. The highest BCUT2D eigenvalue weighted by molar-refractivity contribution is 5.83. The summed E-state index contributed by atoms with van der Waals surface area (Å²) in [7, 11) is 0. The summed E-state index contributed by atoms with van der Waals surface area (Å²) in [6, 6.07) is 0. The lowest BCUT2D eigenvalue weighted by Crippen LogP contribution is -2.44. The predicted octanol–water partition coefficient (Wildman–Crippen LogP) is 1.46. The van der Waals surface area contributed by atoms with Crippen molar-refractivity contribution >= 4 is 5.91 Å². The summed E-state index contributed by atoms with van der Waals surface area (Å²) in [5.41, 5.74) is 0.0816. The van der Waals surface area contributed by atoms with E-state index in [1.54, 1.807) is 0 Å². The zero-order valence-electron chi connectivity index (χ0n) is 6.86. The second-order valence-electron chi connectivity index (χ2n) is 3.85. The van der Waals surface area contributed by atoms with Gasteiger partial charge in [0.05, 0.1) is 0 Å². The first-order chi connectivity index (χ1) is 5.33. The van der Waals surface area contributed by atoms with Gasteiger partial charge in [0.2, 0.25) is 5.91 Å². The van der Waals surface area contributed by atoms with E-state index in [-0.39, 0.29) is 5.41 Å². The van der Waals surface area contributed by atoms with Gasteiger partial charge in [-0.3, -0.25) is 4.79 Å². The molecule has 1 aliphatic carbocycles. The molecule has 2 heteroatoms. The number of hydrogen-bond donors (Lipinski definition) is 1. The van der Waals surface area contributed by atoms with Gasteiger partial charge in [0.15, 0.2) is 0 Å². The molecule has 2 aliphatic rings. The Hall–Kier alpha value is -0.530. The molecule has 0 aromatic heterocycles. The summed E-state index contributed by atoms with van der Waals surface area (Å²) in [6.07, 6.45) is 7.11. The molecule has 0 aromatic rings. The first-order valence-electron chi connectivity index (χ1n) is 4.62. The largest absolute Gasteiger partial charge is 0.356 e. The van der Waals surface area contributed by atoms with E-state index in [2.05, 4.69) is 5.32 Å². The van der Waals surface area contributed by atoms with Gasteiger partial charge < -0.3 is 5.32 Å². The molecule has 11 heavy (non-hydrogen) atoms. The fourth-order valence-corrected chi connectivity index (χ4v) is 2.46. The Morgan fingerprint density at radius 1 is 1.09 bits per heavy atom. The molecule has 0 unspecified atom stereocenters. The number of rotatable bonds is 0. The minimum Gasteiger partial charge on any atom is -0.356 e. The Balaban J connectivity index is 2.13. The maximum absolute atomic E-state index is 11.5. The fourth-order valence-electron chi connectivity index (χ4n) is 2.46. The van der Waals surface area contributed by atoms with E-state index in [0.29, 0.717) is 5.91 Å². The van der Waals surface area contributed by atoms with Crippen LogP contribution in [0.4, 0.5) is 0 Å². The number of nitrogens with one attached hydrogen (secondary N) is 1. The van der Waals surface area contributed by atoms with E-state index in [1.807, 2.05) is 0 Å². The minimum atomic E-state index is 0.0816. The Morgan fingerprint density at radius 3 is 2.36 bits per heavy atom. The zero-order valence-corrected chi connectivity index (χ0v) is 6.86. The molecule has 2 fully saturated rings. The van der Waals surface area contributed by atoms with Gasteiger partial charge in [-0.25, -0.2) is 0 Å². The maximum Gasteiger partial charge on any atom is 0.226 e. The van der Waals surface area contributed by atoms with Crippen molar-refractivity contribution in [2.45, 2.75) is 38.5 Å². The molecule has 0 bridgehead atoms. The summed E-state index contributed by atoms with van der Waals surface area (Å²) >= 11 is 0. The summed E-state index contributed by atoms with van der Waals surface area (Å²) in [5.74, 6) is 0.334. The Bertz CT molecular complexity index is 170. The summed E-state index contributed by atoms with van der Waals surface area (Å²) in [6.45, 7) is 0.903. The van der Waals surface area contributed by atoms with E-state index < -0.39 is 0 Å². The number of hydrogen-bond acceptors (Lipinski definition) is 1. The molecule has 2 rings (SSSR count). The van der Waals surface area contributed by atoms with Crippen molar-refractivity contribution in [3.63, 3.8) is 0 Å². The summed E-state index contributed by atoms with van der Waals surface area (Å²) < 4.78 is 0. The van der Waals surface area contributed by atoms with Gasteiger partial charge in [0.1, 0.15) is 0 Å². The number of amides is 1. The van der Waals surface area contributed by atoms with Gasteiger partial charge >= 0.3 is 0 Å². The SMILES string of the molecule is O=C1NCCCC12CCCC2. The Morgan fingerprint density at radius 2 is 1.73 bits per heavy atom. The molecule has 1 aliphatic heterocycles. The standard InChI is InChI=1S/C9H15NO/c11-8-9(4-1-2-5-9)6-3-7-10-8/h1-7H2,(H,10,11). The van der Waals surface area contributed by atoms with Crippen LogP contribution >= 0.6 is 0 Å². The summed E-state index contributed by atoms with van der Waals surface area (Å²) in [5, 5.41) is 2.98. The molecule has 1 saturated carbocycles. The lowest BCUT2D eigenvalue weighted by Gasteiger charge is -2.31. The van der Waals surface area contributed by atoms with Crippen LogP contribution in [0, 0.1) is 5.41 Å². The van der Waals surface area contributed by atoms with E-state index in [4.69, 9.17) is 0 Å². The van der Waals surface area contributed by atoms with Crippen LogP contribution in [-0.2, 0) is 4.79 Å². The lowest BCUT2D eigenvalue weighted by molar-refractivity contribution is -0.133. The van der Waals surface area contributed by atoms with Crippen molar-refractivity contribution in [2.75, 3.05) is 6.54 Å². The molecule has 1 heterocycles. The van der Waals surface area contributed by atoms with Gasteiger partial charge in [0.25, 0.3) is 0 Å². The quantitative estimate of drug-likeness (QED) is 0.561. The highest BCUT2D eigenvalue weighted by atomic mass is 16.2. The molecule has 1 spiro atoms. The third kappa shape index (κ3) is 1.05. The number of piperidine rings is 1. The van der Waals surface area contributed by atoms with Gasteiger partial charge in [-0.2, -0.15) is 0 Å². The molecule has 1 saturated heterocycles. The van der Waals surface area contributed by atoms with E-state index in [0.717, 1.165) is 25.8 Å². The normalized spacial score (nSPS) is 28.9. The molecule has 1 N–H and O–H groups in total. The first-order valence-corrected chi connectivity index (χ1v) is 4.62. The smallest absolute Gasteiger partial charge is 0.226 e. The summed E-state index contributed by atoms with van der Waals surface area (Å²) in [4.78, 5) is 11.5. The monoisotopic (exact) mass is 153 g/mol. The van der Waals surface area contributed by atoms with Gasteiger partial charge in [0, 0.05) is 12.0 Å². The average Bonchev–Trinajstić information content (AvgIpc) is 2.46. The Kier molecular flexibility index (Phi) is 1.63. The van der Waals surface area contributed by atoms with Crippen molar-refractivity contribution in [1.29, 1.82) is 0 Å². The number of carbonyl (C=O) groups excluding carboxylic acids is 1. The number of carbonyl (C=O) groups is 1. The van der Waals surface area contributed by atoms with Crippen molar-refractivity contribution < 1.29 is 4.79 Å². The van der Waals surface area contributed by atoms with Gasteiger partial charge in [-0.15, -0.1) is 0 Å². The van der Waals surface area contributed by atoms with Crippen molar-refractivity contribution in [3.8, 4) is 0 Å². The maximum atomic E-state index is 11.5. The average molecular weight is 153 g/mol. The van der Waals surface area contributed by atoms with Crippen LogP contribution in [0.15, 0.2) is 0 Å². The van der Waals surface area contributed by atoms with Crippen LogP contribution in [0.1, 0.15) is 38.5 Å². The van der Waals surface area contributed by atoms with Crippen LogP contribution in [-0.4, -0.2) is 12.5 Å². The third-order valence-electron chi connectivity index (χ3n) is 3.16. The van der Waals surface area contributed by atoms with Crippen LogP contribution in [0.2, 0.25) is 0 Å². The molecule has 2 nitrogen and oxygen atoms in total. The molecule has 0 radical (unpaired) electrons. The van der Waals surface area contributed by atoms with Gasteiger partial charge in [-0.05, 0) is 25.7 Å². The van der Waals surface area contributed by atoms with Crippen molar-refractivity contribution in [1.82, 2.24) is 5.32 Å². The minimum absolute atomic E-state index is 0.0816. The highest BCUT2D eigenvalue weighted by Gasteiger charge is 2.41. The van der Waals surface area contributed by atoms with Crippen molar-refractivity contribution in [3.05, 3.63) is 0 Å². The van der Waals surface area contributed by atoms with Crippen LogP contribution in [0.5, 0.6) is 0 Å². The second-order valence-corrected chi connectivity index (χ2v) is 3.85. The molecule has 1 amide bonds. The highest BCUT2D eigenvalue weighted by Crippen LogP contribution is 2.43. The van der Waals surface area contributed by atoms with E-state index >= 15 is 0 Å². The predicted molar refractivity (Wildman–Crippen MR) is 43.1 cm³/mol. The molecule has 0 atom stereocenters. The van der Waals surface area contributed by atoms with Crippen LogP contribution < -0.4 is 5.32 Å².